The van der Waals surface area contributed by atoms with E-state index in [2.05, 4.69) is 0 Å². The molecule has 1 aliphatic rings. The highest BCUT2D eigenvalue weighted by molar-refractivity contribution is 5.78. The molecule has 1 aromatic carbocycles. The van der Waals surface area contributed by atoms with Crippen molar-refractivity contribution in [2.75, 3.05) is 13.7 Å². The summed E-state index contributed by atoms with van der Waals surface area (Å²) in [5, 5.41) is 8.90. The number of benzene rings is 1. The molecule has 0 saturated heterocycles. The Bertz CT molecular complexity index is 372. The topological polar surface area (TPSA) is 55.8 Å². The third kappa shape index (κ3) is 1.28. The van der Waals surface area contributed by atoms with Crippen LogP contribution in [-0.2, 0) is 4.79 Å². The highest BCUT2D eigenvalue weighted by atomic mass is 16.5. The first-order valence-electron chi connectivity index (χ1n) is 4.26. The molecule has 1 heterocycles. The lowest BCUT2D eigenvalue weighted by Gasteiger charge is -2.04. The molecular formula is C10H10O4. The minimum atomic E-state index is -0.864. The molecule has 1 N–H and O–H groups in total. The van der Waals surface area contributed by atoms with Crippen molar-refractivity contribution in [2.45, 2.75) is 5.92 Å². The van der Waals surface area contributed by atoms with Crippen LogP contribution in [0.3, 0.4) is 0 Å². The Hall–Kier alpha value is -1.71. The zero-order valence-electron chi connectivity index (χ0n) is 7.69. The number of fused-ring (bicyclic) bond motifs is 1. The van der Waals surface area contributed by atoms with Gasteiger partial charge in [0.15, 0.2) is 0 Å². The van der Waals surface area contributed by atoms with Crippen LogP contribution in [0.15, 0.2) is 18.2 Å². The maximum Gasteiger partial charge on any atom is 0.314 e. The number of ether oxygens (including phenoxy) is 2. The van der Waals surface area contributed by atoms with E-state index in [0.717, 1.165) is 0 Å². The van der Waals surface area contributed by atoms with E-state index in [1.54, 1.807) is 25.3 Å². The van der Waals surface area contributed by atoms with Crippen molar-refractivity contribution in [1.29, 1.82) is 0 Å². The average Bonchev–Trinajstić information content (AvgIpc) is 2.59. The van der Waals surface area contributed by atoms with Crippen LogP contribution in [0, 0.1) is 0 Å². The van der Waals surface area contributed by atoms with E-state index in [1.807, 2.05) is 0 Å². The molecule has 0 spiro atoms. The fraction of sp³-hybridized carbons (Fsp3) is 0.300. The molecule has 74 valence electrons. The van der Waals surface area contributed by atoms with E-state index >= 15 is 0 Å². The van der Waals surface area contributed by atoms with Gasteiger partial charge in [-0.15, -0.1) is 0 Å². The van der Waals surface area contributed by atoms with Gasteiger partial charge in [-0.25, -0.2) is 0 Å². The Labute approximate surface area is 81.1 Å². The van der Waals surface area contributed by atoms with Crippen LogP contribution in [0.25, 0.3) is 0 Å². The van der Waals surface area contributed by atoms with Crippen LogP contribution >= 0.6 is 0 Å². The molecule has 1 atom stereocenters. The molecule has 0 amide bonds. The van der Waals surface area contributed by atoms with Gasteiger partial charge in [0.25, 0.3) is 0 Å². The van der Waals surface area contributed by atoms with Gasteiger partial charge in [-0.05, 0) is 18.2 Å². The summed E-state index contributed by atoms with van der Waals surface area (Å²) in [5.41, 5.74) is 0.692. The number of rotatable bonds is 2. The summed E-state index contributed by atoms with van der Waals surface area (Å²) in [6.07, 6.45) is 0. The largest absolute Gasteiger partial charge is 0.497 e. The van der Waals surface area contributed by atoms with E-state index in [9.17, 15) is 4.79 Å². The van der Waals surface area contributed by atoms with E-state index < -0.39 is 11.9 Å². The number of carbonyl (C=O) groups is 1. The van der Waals surface area contributed by atoms with Gasteiger partial charge in [-0.1, -0.05) is 0 Å². The normalized spacial score (nSPS) is 18.5. The Morgan fingerprint density at radius 2 is 2.43 bits per heavy atom. The number of carboxylic acid groups (broad SMARTS) is 1. The predicted molar refractivity (Wildman–Crippen MR) is 48.9 cm³/mol. The third-order valence-electron chi connectivity index (χ3n) is 2.30. The lowest BCUT2D eigenvalue weighted by Crippen LogP contribution is -2.12. The van der Waals surface area contributed by atoms with Crippen LogP contribution in [0.1, 0.15) is 11.5 Å². The Balaban J connectivity index is 2.41. The highest BCUT2D eigenvalue weighted by Gasteiger charge is 2.30. The van der Waals surface area contributed by atoms with Gasteiger partial charge in [0.05, 0.1) is 7.11 Å². The molecule has 1 aliphatic heterocycles. The van der Waals surface area contributed by atoms with Crippen molar-refractivity contribution >= 4 is 5.97 Å². The SMILES string of the molecule is COc1ccc2c(c1)C(C(=O)O)CO2. The summed E-state index contributed by atoms with van der Waals surface area (Å²) in [7, 11) is 1.55. The zero-order chi connectivity index (χ0) is 10.1. The maximum atomic E-state index is 10.8. The fourth-order valence-electron chi connectivity index (χ4n) is 1.52. The molecule has 0 fully saturated rings. The number of carboxylic acids is 1. The first-order valence-corrected chi connectivity index (χ1v) is 4.26. The van der Waals surface area contributed by atoms with Gasteiger partial charge >= 0.3 is 5.97 Å². The van der Waals surface area contributed by atoms with Crippen LogP contribution in [0.4, 0.5) is 0 Å². The lowest BCUT2D eigenvalue weighted by molar-refractivity contribution is -0.138. The van der Waals surface area contributed by atoms with E-state index in [0.29, 0.717) is 17.1 Å². The third-order valence-corrected chi connectivity index (χ3v) is 2.30. The molecule has 0 aromatic heterocycles. The van der Waals surface area contributed by atoms with Crippen molar-refractivity contribution < 1.29 is 19.4 Å². The van der Waals surface area contributed by atoms with Gasteiger partial charge in [0.2, 0.25) is 0 Å². The number of aliphatic carboxylic acids is 1. The van der Waals surface area contributed by atoms with Gasteiger partial charge in [0.1, 0.15) is 24.0 Å². The van der Waals surface area contributed by atoms with Gasteiger partial charge in [-0.2, -0.15) is 0 Å². The lowest BCUT2D eigenvalue weighted by atomic mass is 10.0. The second-order valence-corrected chi connectivity index (χ2v) is 3.11. The maximum absolute atomic E-state index is 10.8. The molecule has 14 heavy (non-hydrogen) atoms. The molecule has 0 bridgehead atoms. The Kier molecular flexibility index (Phi) is 2.04. The first-order chi connectivity index (χ1) is 6.72. The van der Waals surface area contributed by atoms with Crippen LogP contribution in [0.5, 0.6) is 11.5 Å². The number of methoxy groups -OCH3 is 1. The quantitative estimate of drug-likeness (QED) is 0.769. The predicted octanol–water partition coefficient (Wildman–Crippen LogP) is 1.26. The molecular weight excluding hydrogens is 184 g/mol. The van der Waals surface area contributed by atoms with E-state index in [1.165, 1.54) is 0 Å². The second-order valence-electron chi connectivity index (χ2n) is 3.11. The Morgan fingerprint density at radius 1 is 1.64 bits per heavy atom. The smallest absolute Gasteiger partial charge is 0.314 e. The molecule has 1 aromatic rings. The highest BCUT2D eigenvalue weighted by Crippen LogP contribution is 2.36. The second kappa shape index (κ2) is 3.21. The van der Waals surface area contributed by atoms with Gasteiger partial charge in [-0.3, -0.25) is 4.79 Å². The molecule has 0 aliphatic carbocycles. The van der Waals surface area contributed by atoms with Gasteiger partial charge in [0, 0.05) is 5.56 Å². The summed E-state index contributed by atoms with van der Waals surface area (Å²) in [4.78, 5) is 10.8. The van der Waals surface area contributed by atoms with Crippen molar-refractivity contribution in [2.24, 2.45) is 0 Å². The summed E-state index contributed by atoms with van der Waals surface area (Å²) >= 11 is 0. The van der Waals surface area contributed by atoms with Crippen molar-refractivity contribution in [1.82, 2.24) is 0 Å². The summed E-state index contributed by atoms with van der Waals surface area (Å²) in [5.74, 6) is -0.143. The summed E-state index contributed by atoms with van der Waals surface area (Å²) in [6.45, 7) is 0.206. The zero-order valence-corrected chi connectivity index (χ0v) is 7.69. The molecule has 1 unspecified atom stereocenters. The molecule has 0 saturated carbocycles. The molecule has 0 radical (unpaired) electrons. The number of hydrogen-bond donors (Lipinski definition) is 1. The van der Waals surface area contributed by atoms with Gasteiger partial charge < -0.3 is 14.6 Å². The standard InChI is InChI=1S/C10H10O4/c1-13-6-2-3-9-7(4-6)8(5-14-9)10(11)12/h2-4,8H,5H2,1H3,(H,11,12). The van der Waals surface area contributed by atoms with E-state index in [-0.39, 0.29) is 6.61 Å². The molecule has 2 rings (SSSR count). The van der Waals surface area contributed by atoms with Crippen LogP contribution in [0.2, 0.25) is 0 Å². The summed E-state index contributed by atoms with van der Waals surface area (Å²) in [6, 6.07) is 5.20. The van der Waals surface area contributed by atoms with Crippen LogP contribution < -0.4 is 9.47 Å². The average molecular weight is 194 g/mol. The fourth-order valence-corrected chi connectivity index (χ4v) is 1.52. The molecule has 4 nitrogen and oxygen atoms in total. The first kappa shape index (κ1) is 8.87. The van der Waals surface area contributed by atoms with E-state index in [4.69, 9.17) is 14.6 Å². The summed E-state index contributed by atoms with van der Waals surface area (Å²) < 4.78 is 10.3. The number of hydrogen-bond acceptors (Lipinski definition) is 3. The minimum Gasteiger partial charge on any atom is -0.497 e. The Morgan fingerprint density at radius 3 is 3.07 bits per heavy atom. The van der Waals surface area contributed by atoms with Crippen molar-refractivity contribution in [3.05, 3.63) is 23.8 Å². The monoisotopic (exact) mass is 194 g/mol. The van der Waals surface area contributed by atoms with Crippen molar-refractivity contribution in [3.8, 4) is 11.5 Å². The van der Waals surface area contributed by atoms with Crippen molar-refractivity contribution in [3.63, 3.8) is 0 Å². The molecule has 4 heteroatoms. The minimum absolute atomic E-state index is 0.206. The van der Waals surface area contributed by atoms with Crippen LogP contribution in [-0.4, -0.2) is 24.8 Å².